The normalized spacial score (nSPS) is 9.38. The van der Waals surface area contributed by atoms with E-state index in [2.05, 4.69) is 6.92 Å². The number of ether oxygens (including phenoxy) is 1. The van der Waals surface area contributed by atoms with E-state index in [1.54, 1.807) is 0 Å². The first-order valence-electron chi connectivity index (χ1n) is 5.94. The first kappa shape index (κ1) is 18.6. The van der Waals surface area contributed by atoms with E-state index in [0.717, 1.165) is 19.3 Å². The Bertz CT molecular complexity index is 195. The molecule has 0 aromatic heterocycles. The Kier molecular flexibility index (Phi) is 15.6. The van der Waals surface area contributed by atoms with Gasteiger partial charge in [0, 0.05) is 12.8 Å². The zero-order chi connectivity index (χ0) is 11.5. The van der Waals surface area contributed by atoms with Crippen molar-refractivity contribution in [3.8, 4) is 0 Å². The first-order chi connectivity index (χ1) is 7.20. The minimum Gasteiger partial charge on any atom is -0.419 e. The molecule has 0 radical (unpaired) electrons. The third-order valence-electron chi connectivity index (χ3n) is 2.17. The summed E-state index contributed by atoms with van der Waals surface area (Å²) in [5.74, 6) is -0.162. The molecule has 0 aliphatic rings. The zero-order valence-electron chi connectivity index (χ0n) is 10.3. The van der Waals surface area contributed by atoms with Crippen LogP contribution in [-0.4, -0.2) is 11.0 Å². The highest BCUT2D eigenvalue weighted by Gasteiger charge is 2.05. The summed E-state index contributed by atoms with van der Waals surface area (Å²) in [6.45, 7) is 4.20. The van der Waals surface area contributed by atoms with Gasteiger partial charge in [0.1, 0.15) is 0 Å². The van der Waals surface area contributed by atoms with Crippen LogP contribution >= 0.6 is 36.2 Å². The summed E-state index contributed by atoms with van der Waals surface area (Å²) < 4.78 is 4.99. The second-order valence-corrected chi connectivity index (χ2v) is 4.22. The van der Waals surface area contributed by atoms with Crippen molar-refractivity contribution >= 4 is 47.2 Å². The van der Waals surface area contributed by atoms with Gasteiger partial charge in [-0.05, 0) is 25.1 Å². The molecular weight excluding hydrogens is 335 g/mol. The number of rotatable bonds is 8. The van der Waals surface area contributed by atoms with E-state index in [9.17, 15) is 4.79 Å². The number of unbranched alkanes of at least 4 members (excludes halogenated alkanes) is 4. The summed E-state index contributed by atoms with van der Waals surface area (Å²) in [4.78, 5) is 11.3. The van der Waals surface area contributed by atoms with Crippen LogP contribution in [0.4, 0.5) is 0 Å². The third kappa shape index (κ3) is 12.4. The van der Waals surface area contributed by atoms with Crippen LogP contribution in [0, 0.1) is 0 Å². The van der Waals surface area contributed by atoms with Crippen molar-refractivity contribution in [3.63, 3.8) is 0 Å². The number of hydrogen-bond donors (Lipinski definition) is 0. The number of thiocarbonyl (C=S) groups is 1. The molecule has 0 saturated carbocycles. The van der Waals surface area contributed by atoms with Crippen molar-refractivity contribution in [1.29, 1.82) is 0 Å². The second-order valence-electron chi connectivity index (χ2n) is 3.76. The molecule has 0 saturated heterocycles. The maximum Gasteiger partial charge on any atom is 0.311 e. The lowest BCUT2D eigenvalue weighted by Crippen LogP contribution is -2.09. The van der Waals surface area contributed by atoms with Crippen molar-refractivity contribution in [2.45, 2.75) is 65.2 Å². The smallest absolute Gasteiger partial charge is 0.311 e. The van der Waals surface area contributed by atoms with Crippen LogP contribution in [0.3, 0.4) is 0 Å². The Morgan fingerprint density at radius 2 is 1.62 bits per heavy atom. The van der Waals surface area contributed by atoms with Crippen LogP contribution in [-0.2, 0) is 9.53 Å². The average molecular weight is 358 g/mol. The van der Waals surface area contributed by atoms with E-state index in [1.807, 2.05) is 6.92 Å². The Balaban J connectivity index is 0. The lowest BCUT2D eigenvalue weighted by molar-refractivity contribution is -0.135. The quantitative estimate of drug-likeness (QED) is 0.274. The molecule has 4 heteroatoms. The minimum absolute atomic E-state index is 0. The molecule has 0 amide bonds. The van der Waals surface area contributed by atoms with Gasteiger partial charge in [0.15, 0.2) is 5.05 Å². The van der Waals surface area contributed by atoms with Crippen LogP contribution in [0.2, 0.25) is 0 Å². The van der Waals surface area contributed by atoms with Gasteiger partial charge < -0.3 is 4.74 Å². The van der Waals surface area contributed by atoms with Gasteiger partial charge in [0.05, 0.1) is 0 Å². The van der Waals surface area contributed by atoms with Crippen molar-refractivity contribution in [3.05, 3.63) is 0 Å². The van der Waals surface area contributed by atoms with Gasteiger partial charge in [0.2, 0.25) is 0 Å². The lowest BCUT2D eigenvalue weighted by atomic mass is 10.1. The molecular formula is C12H23IO2S. The molecule has 0 rings (SSSR count). The Morgan fingerprint density at radius 3 is 2.19 bits per heavy atom. The minimum atomic E-state index is -0.162. The van der Waals surface area contributed by atoms with Crippen molar-refractivity contribution in [1.82, 2.24) is 0 Å². The van der Waals surface area contributed by atoms with E-state index in [4.69, 9.17) is 17.0 Å². The standard InChI is InChI=1S/C12H22O2S.HI/c1-3-5-6-7-8-10-11(13)14-12(15)9-4-2;/h3-10H2,1-2H3;1H. The molecule has 0 atom stereocenters. The van der Waals surface area contributed by atoms with Crippen molar-refractivity contribution in [2.75, 3.05) is 0 Å². The summed E-state index contributed by atoms with van der Waals surface area (Å²) in [7, 11) is 0. The topological polar surface area (TPSA) is 26.3 Å². The molecule has 0 aromatic rings. The van der Waals surface area contributed by atoms with Gasteiger partial charge in [-0.15, -0.1) is 24.0 Å². The van der Waals surface area contributed by atoms with E-state index in [0.29, 0.717) is 17.9 Å². The molecule has 2 nitrogen and oxygen atoms in total. The molecule has 0 heterocycles. The van der Waals surface area contributed by atoms with Gasteiger partial charge in [-0.2, -0.15) is 0 Å². The van der Waals surface area contributed by atoms with Crippen molar-refractivity contribution in [2.24, 2.45) is 0 Å². The first-order valence-corrected chi connectivity index (χ1v) is 6.35. The molecule has 0 aliphatic heterocycles. The fourth-order valence-corrected chi connectivity index (χ4v) is 1.60. The zero-order valence-corrected chi connectivity index (χ0v) is 13.4. The molecule has 0 aliphatic carbocycles. The lowest BCUT2D eigenvalue weighted by Gasteiger charge is -2.04. The fraction of sp³-hybridized carbons (Fsp3) is 0.833. The SMILES string of the molecule is CCCCCCCC(=O)OC(=S)CCC.I. The number of halogens is 1. The van der Waals surface area contributed by atoms with E-state index in [-0.39, 0.29) is 29.9 Å². The third-order valence-corrected chi connectivity index (χ3v) is 2.45. The summed E-state index contributed by atoms with van der Waals surface area (Å²) >= 11 is 4.91. The number of esters is 1. The molecule has 0 bridgehead atoms. The molecule has 0 N–H and O–H groups in total. The largest absolute Gasteiger partial charge is 0.419 e. The summed E-state index contributed by atoms with van der Waals surface area (Å²) in [5, 5.41) is 0.441. The van der Waals surface area contributed by atoms with Crippen LogP contribution in [0.15, 0.2) is 0 Å². The fourth-order valence-electron chi connectivity index (χ4n) is 1.31. The van der Waals surface area contributed by atoms with Gasteiger partial charge in [-0.1, -0.05) is 39.5 Å². The van der Waals surface area contributed by atoms with Gasteiger partial charge in [-0.3, -0.25) is 4.79 Å². The van der Waals surface area contributed by atoms with Crippen molar-refractivity contribution < 1.29 is 9.53 Å². The predicted molar refractivity (Wildman–Crippen MR) is 82.4 cm³/mol. The Morgan fingerprint density at radius 1 is 1.00 bits per heavy atom. The summed E-state index contributed by atoms with van der Waals surface area (Å²) in [6, 6.07) is 0. The monoisotopic (exact) mass is 358 g/mol. The van der Waals surface area contributed by atoms with Crippen LogP contribution < -0.4 is 0 Å². The molecule has 0 fully saturated rings. The van der Waals surface area contributed by atoms with E-state index in [1.165, 1.54) is 19.3 Å². The number of carbonyl (C=O) groups excluding carboxylic acids is 1. The van der Waals surface area contributed by atoms with E-state index >= 15 is 0 Å². The van der Waals surface area contributed by atoms with Crippen LogP contribution in [0.25, 0.3) is 0 Å². The maximum atomic E-state index is 11.3. The summed E-state index contributed by atoms with van der Waals surface area (Å²) in [5.41, 5.74) is 0. The molecule has 0 unspecified atom stereocenters. The average Bonchev–Trinajstić information content (AvgIpc) is 2.17. The number of hydrogen-bond acceptors (Lipinski definition) is 3. The summed E-state index contributed by atoms with van der Waals surface area (Å²) in [6.07, 6.45) is 7.88. The predicted octanol–water partition coefficient (Wildman–Crippen LogP) is 4.64. The highest BCUT2D eigenvalue weighted by atomic mass is 127. The van der Waals surface area contributed by atoms with E-state index < -0.39 is 0 Å². The molecule has 0 aromatic carbocycles. The number of carbonyl (C=O) groups is 1. The maximum absolute atomic E-state index is 11.3. The van der Waals surface area contributed by atoms with Crippen LogP contribution in [0.5, 0.6) is 0 Å². The Labute approximate surface area is 122 Å². The highest BCUT2D eigenvalue weighted by Crippen LogP contribution is 2.06. The second kappa shape index (κ2) is 13.4. The molecule has 0 spiro atoms. The van der Waals surface area contributed by atoms with Crippen LogP contribution in [0.1, 0.15) is 65.2 Å². The van der Waals surface area contributed by atoms with Gasteiger partial charge in [-0.25, -0.2) is 0 Å². The van der Waals surface area contributed by atoms with Gasteiger partial charge >= 0.3 is 5.97 Å². The molecule has 16 heavy (non-hydrogen) atoms. The molecule has 96 valence electrons. The Hall–Kier alpha value is 0.290. The van der Waals surface area contributed by atoms with Gasteiger partial charge in [0.25, 0.3) is 0 Å². The highest BCUT2D eigenvalue weighted by molar-refractivity contribution is 14.0.